The molecule has 0 saturated heterocycles. The van der Waals surface area contributed by atoms with E-state index in [-0.39, 0.29) is 0 Å². The number of esters is 1. The quantitative estimate of drug-likeness (QED) is 0.473. The average Bonchev–Trinajstić information content (AvgIpc) is 2.26. The van der Waals surface area contributed by atoms with Crippen LogP contribution in [-0.4, -0.2) is 19.6 Å². The molecule has 0 amide bonds. The van der Waals surface area contributed by atoms with Gasteiger partial charge in [0.05, 0.1) is 24.4 Å². The van der Waals surface area contributed by atoms with Gasteiger partial charge in [-0.3, -0.25) is 0 Å². The van der Waals surface area contributed by atoms with E-state index in [1.165, 1.54) is 7.11 Å². The number of carbonyl (C=O) groups excluding carboxylic acids is 1. The molecule has 0 atom stereocenters. The lowest BCUT2D eigenvalue weighted by molar-refractivity contribution is -0.133. The smallest absolute Gasteiger partial charge is 0.384 e. The Morgan fingerprint density at radius 3 is 2.93 bits per heavy atom. The summed E-state index contributed by atoms with van der Waals surface area (Å²) in [6.07, 6.45) is 0. The normalized spacial score (nSPS) is 8.67. The first-order chi connectivity index (χ1) is 7.24. The molecule has 0 aliphatic carbocycles. The zero-order valence-corrected chi connectivity index (χ0v) is 8.97. The third-order valence-electron chi connectivity index (χ3n) is 1.62. The number of benzene rings is 1. The first kappa shape index (κ1) is 11.4. The number of nitrogens with one attached hydrogen (secondary N) is 1. The number of hydrogen-bond acceptors (Lipinski definition) is 3. The molecule has 4 heteroatoms. The van der Waals surface area contributed by atoms with E-state index in [2.05, 4.69) is 21.9 Å². The summed E-state index contributed by atoms with van der Waals surface area (Å²) in [5, 5.41) is 3.60. The molecule has 0 aliphatic rings. The Labute approximate surface area is 93.4 Å². The molecule has 1 N–H and O–H groups in total. The van der Waals surface area contributed by atoms with E-state index in [9.17, 15) is 4.79 Å². The second-order valence-corrected chi connectivity index (χ2v) is 3.03. The lowest BCUT2D eigenvalue weighted by atomic mass is 10.3. The molecule has 15 heavy (non-hydrogen) atoms. The third-order valence-corrected chi connectivity index (χ3v) is 1.95. The second-order valence-electron chi connectivity index (χ2n) is 2.63. The molecule has 0 aliphatic heterocycles. The fraction of sp³-hybridized carbons (Fsp3) is 0.182. The first-order valence-electron chi connectivity index (χ1n) is 4.29. The Morgan fingerprint density at radius 1 is 1.53 bits per heavy atom. The fourth-order valence-corrected chi connectivity index (χ4v) is 1.11. The molecule has 0 aromatic heterocycles. The van der Waals surface area contributed by atoms with Gasteiger partial charge in [-0.2, -0.15) is 0 Å². The van der Waals surface area contributed by atoms with Gasteiger partial charge < -0.3 is 10.1 Å². The highest BCUT2D eigenvalue weighted by atomic mass is 35.5. The van der Waals surface area contributed by atoms with Gasteiger partial charge in [-0.05, 0) is 12.1 Å². The minimum absolute atomic E-state index is 0.346. The monoisotopic (exact) mass is 223 g/mol. The summed E-state index contributed by atoms with van der Waals surface area (Å²) >= 11 is 5.89. The highest BCUT2D eigenvalue weighted by Gasteiger charge is 1.95. The second kappa shape index (κ2) is 5.94. The van der Waals surface area contributed by atoms with E-state index in [1.807, 2.05) is 18.2 Å². The summed E-state index contributed by atoms with van der Waals surface area (Å²) in [5.41, 5.74) is 0.790. The fourth-order valence-electron chi connectivity index (χ4n) is 0.911. The van der Waals surface area contributed by atoms with Gasteiger partial charge in [-0.15, -0.1) is 0 Å². The lowest BCUT2D eigenvalue weighted by Crippen LogP contribution is -2.01. The van der Waals surface area contributed by atoms with E-state index < -0.39 is 5.97 Å². The van der Waals surface area contributed by atoms with Crippen LogP contribution in [0.5, 0.6) is 0 Å². The molecular formula is C11H10ClNO2. The SMILES string of the molecule is COC(=O)C#CCNc1ccccc1Cl. The maximum absolute atomic E-state index is 10.6. The number of methoxy groups -OCH3 is 1. The molecule has 3 nitrogen and oxygen atoms in total. The highest BCUT2D eigenvalue weighted by Crippen LogP contribution is 2.19. The zero-order valence-electron chi connectivity index (χ0n) is 8.21. The maximum Gasteiger partial charge on any atom is 0.384 e. The van der Waals surface area contributed by atoms with Crippen LogP contribution in [0.4, 0.5) is 5.69 Å². The standard InChI is InChI=1S/C11H10ClNO2/c1-15-11(14)7-4-8-13-10-6-3-2-5-9(10)12/h2-3,5-6,13H,8H2,1H3. The van der Waals surface area contributed by atoms with Crippen LogP contribution in [0.1, 0.15) is 0 Å². The number of para-hydroxylation sites is 1. The zero-order chi connectivity index (χ0) is 11.1. The third kappa shape index (κ3) is 3.92. The van der Waals surface area contributed by atoms with E-state index in [1.54, 1.807) is 6.07 Å². The summed E-state index contributed by atoms with van der Waals surface area (Å²) in [4.78, 5) is 10.6. The van der Waals surface area contributed by atoms with Crippen molar-refractivity contribution in [1.29, 1.82) is 0 Å². The Bertz CT molecular complexity index is 407. The van der Waals surface area contributed by atoms with Gasteiger partial charge in [0.15, 0.2) is 0 Å². The maximum atomic E-state index is 10.6. The Hall–Kier alpha value is -1.66. The molecule has 0 unspecified atom stereocenters. The van der Waals surface area contributed by atoms with Gasteiger partial charge in [-0.1, -0.05) is 29.7 Å². The summed E-state index contributed by atoms with van der Waals surface area (Å²) in [7, 11) is 1.29. The van der Waals surface area contributed by atoms with Crippen molar-refractivity contribution in [2.24, 2.45) is 0 Å². The van der Waals surface area contributed by atoms with Crippen LogP contribution in [0.15, 0.2) is 24.3 Å². The number of ether oxygens (including phenoxy) is 1. The average molecular weight is 224 g/mol. The van der Waals surface area contributed by atoms with Crippen LogP contribution in [0.2, 0.25) is 5.02 Å². The molecule has 0 radical (unpaired) electrons. The van der Waals surface area contributed by atoms with Crippen LogP contribution in [0, 0.1) is 11.8 Å². The molecule has 0 fully saturated rings. The largest absolute Gasteiger partial charge is 0.459 e. The number of carbonyl (C=O) groups is 1. The molecule has 0 bridgehead atoms. The van der Waals surface area contributed by atoms with Crippen molar-refractivity contribution in [3.8, 4) is 11.8 Å². The number of anilines is 1. The van der Waals surface area contributed by atoms with Gasteiger partial charge >= 0.3 is 5.97 Å². The molecule has 1 aromatic rings. The molecule has 0 heterocycles. The summed E-state index contributed by atoms with van der Waals surface area (Å²) in [5.74, 6) is 4.38. The van der Waals surface area contributed by atoms with E-state index in [4.69, 9.17) is 11.6 Å². The van der Waals surface area contributed by atoms with E-state index >= 15 is 0 Å². The molecule has 0 saturated carbocycles. The van der Waals surface area contributed by atoms with Crippen molar-refractivity contribution < 1.29 is 9.53 Å². The van der Waals surface area contributed by atoms with Crippen molar-refractivity contribution >= 4 is 23.3 Å². The van der Waals surface area contributed by atoms with Gasteiger partial charge in [0.1, 0.15) is 0 Å². The van der Waals surface area contributed by atoms with Crippen molar-refractivity contribution in [1.82, 2.24) is 0 Å². The van der Waals surface area contributed by atoms with Crippen LogP contribution in [0.3, 0.4) is 0 Å². The summed E-state index contributed by atoms with van der Waals surface area (Å²) < 4.78 is 4.36. The number of halogens is 1. The van der Waals surface area contributed by atoms with Crippen molar-refractivity contribution in [3.05, 3.63) is 29.3 Å². The first-order valence-corrected chi connectivity index (χ1v) is 4.67. The van der Waals surface area contributed by atoms with Gasteiger partial charge in [0.25, 0.3) is 0 Å². The minimum atomic E-state index is -0.545. The van der Waals surface area contributed by atoms with Crippen molar-refractivity contribution in [2.45, 2.75) is 0 Å². The van der Waals surface area contributed by atoms with Gasteiger partial charge in [0.2, 0.25) is 0 Å². The van der Waals surface area contributed by atoms with Crippen LogP contribution in [0.25, 0.3) is 0 Å². The molecule has 1 aromatic carbocycles. The highest BCUT2D eigenvalue weighted by molar-refractivity contribution is 6.33. The van der Waals surface area contributed by atoms with Crippen molar-refractivity contribution in [2.75, 3.05) is 19.0 Å². The predicted molar refractivity (Wildman–Crippen MR) is 59.7 cm³/mol. The van der Waals surface area contributed by atoms with Crippen LogP contribution < -0.4 is 5.32 Å². The summed E-state index contributed by atoms with van der Waals surface area (Å²) in [6, 6.07) is 7.31. The van der Waals surface area contributed by atoms with E-state index in [0.29, 0.717) is 11.6 Å². The Kier molecular flexibility index (Phi) is 4.52. The lowest BCUT2D eigenvalue weighted by Gasteiger charge is -2.03. The van der Waals surface area contributed by atoms with Crippen LogP contribution >= 0.6 is 11.6 Å². The van der Waals surface area contributed by atoms with Crippen LogP contribution in [-0.2, 0) is 9.53 Å². The summed E-state index contributed by atoms with van der Waals surface area (Å²) in [6.45, 7) is 0.346. The van der Waals surface area contributed by atoms with Gasteiger partial charge in [-0.25, -0.2) is 4.79 Å². The Balaban J connectivity index is 2.47. The van der Waals surface area contributed by atoms with E-state index in [0.717, 1.165) is 5.69 Å². The Morgan fingerprint density at radius 2 is 2.27 bits per heavy atom. The molecule has 78 valence electrons. The molecule has 0 spiro atoms. The number of hydrogen-bond donors (Lipinski definition) is 1. The predicted octanol–water partition coefficient (Wildman–Crippen LogP) is 1.93. The number of rotatable bonds is 2. The van der Waals surface area contributed by atoms with Gasteiger partial charge in [0, 0.05) is 5.92 Å². The minimum Gasteiger partial charge on any atom is -0.459 e. The molecular weight excluding hydrogens is 214 g/mol. The molecule has 1 rings (SSSR count). The van der Waals surface area contributed by atoms with Crippen molar-refractivity contribution in [3.63, 3.8) is 0 Å². The topological polar surface area (TPSA) is 38.3 Å².